The van der Waals surface area contributed by atoms with Gasteiger partial charge >= 0.3 is 0 Å². The van der Waals surface area contributed by atoms with Gasteiger partial charge in [-0.15, -0.1) is 0 Å². The SMILES string of the molecule is CC1(O)CCN(c2ccc(Br)cc2N)C1. The van der Waals surface area contributed by atoms with Crippen LogP contribution in [0.25, 0.3) is 0 Å². The van der Waals surface area contributed by atoms with E-state index in [9.17, 15) is 5.11 Å². The van der Waals surface area contributed by atoms with Crippen molar-refractivity contribution >= 4 is 27.3 Å². The molecule has 1 aromatic carbocycles. The monoisotopic (exact) mass is 270 g/mol. The predicted octanol–water partition coefficient (Wildman–Crippen LogP) is 1.99. The van der Waals surface area contributed by atoms with Crippen molar-refractivity contribution in [2.45, 2.75) is 18.9 Å². The number of hydrogen-bond acceptors (Lipinski definition) is 3. The molecule has 0 amide bonds. The van der Waals surface area contributed by atoms with Crippen LogP contribution in [0.2, 0.25) is 0 Å². The van der Waals surface area contributed by atoms with E-state index in [0.717, 1.165) is 28.8 Å². The van der Waals surface area contributed by atoms with Crippen molar-refractivity contribution in [1.82, 2.24) is 0 Å². The van der Waals surface area contributed by atoms with Crippen LogP contribution in [-0.2, 0) is 0 Å². The van der Waals surface area contributed by atoms with E-state index < -0.39 is 5.60 Å². The minimum absolute atomic E-state index is 0.584. The molecule has 1 saturated heterocycles. The van der Waals surface area contributed by atoms with Crippen molar-refractivity contribution in [2.24, 2.45) is 0 Å². The van der Waals surface area contributed by atoms with E-state index in [2.05, 4.69) is 20.8 Å². The van der Waals surface area contributed by atoms with Gasteiger partial charge in [0.25, 0.3) is 0 Å². The summed E-state index contributed by atoms with van der Waals surface area (Å²) in [7, 11) is 0. The third-order valence-electron chi connectivity index (χ3n) is 2.78. The van der Waals surface area contributed by atoms with Gasteiger partial charge in [0.15, 0.2) is 0 Å². The summed E-state index contributed by atoms with van der Waals surface area (Å²) in [4.78, 5) is 2.13. The molecule has 0 spiro atoms. The zero-order valence-corrected chi connectivity index (χ0v) is 10.3. The fourth-order valence-electron chi connectivity index (χ4n) is 1.96. The van der Waals surface area contributed by atoms with Crippen LogP contribution in [-0.4, -0.2) is 23.8 Å². The van der Waals surface area contributed by atoms with E-state index in [0.29, 0.717) is 6.54 Å². The van der Waals surface area contributed by atoms with Crippen LogP contribution in [0.3, 0.4) is 0 Å². The van der Waals surface area contributed by atoms with Gasteiger partial charge in [-0.3, -0.25) is 0 Å². The molecule has 1 aliphatic rings. The average molecular weight is 271 g/mol. The molecule has 1 heterocycles. The number of nitrogen functional groups attached to an aromatic ring is 1. The lowest BCUT2D eigenvalue weighted by Crippen LogP contribution is -2.29. The summed E-state index contributed by atoms with van der Waals surface area (Å²) in [6, 6.07) is 5.85. The highest BCUT2D eigenvalue weighted by Crippen LogP contribution is 2.32. The minimum Gasteiger partial charge on any atom is -0.397 e. The third kappa shape index (κ3) is 2.26. The minimum atomic E-state index is -0.584. The Bertz CT molecular complexity index is 379. The summed E-state index contributed by atoms with van der Waals surface area (Å²) in [6.45, 7) is 3.37. The summed E-state index contributed by atoms with van der Waals surface area (Å²) in [6.07, 6.45) is 0.794. The number of hydrogen-bond donors (Lipinski definition) is 2. The Balaban J connectivity index is 2.24. The van der Waals surface area contributed by atoms with E-state index in [1.807, 2.05) is 25.1 Å². The Morgan fingerprint density at radius 3 is 2.80 bits per heavy atom. The molecule has 15 heavy (non-hydrogen) atoms. The lowest BCUT2D eigenvalue weighted by Gasteiger charge is -2.22. The number of anilines is 2. The highest BCUT2D eigenvalue weighted by atomic mass is 79.9. The topological polar surface area (TPSA) is 49.5 Å². The maximum Gasteiger partial charge on any atom is 0.0810 e. The maximum absolute atomic E-state index is 9.88. The van der Waals surface area contributed by atoms with Crippen molar-refractivity contribution in [3.63, 3.8) is 0 Å². The normalized spacial score (nSPS) is 25.9. The van der Waals surface area contributed by atoms with E-state index >= 15 is 0 Å². The summed E-state index contributed by atoms with van der Waals surface area (Å²) in [5.74, 6) is 0. The highest BCUT2D eigenvalue weighted by molar-refractivity contribution is 9.10. The molecular formula is C11H15BrN2O. The van der Waals surface area contributed by atoms with Gasteiger partial charge in [-0.1, -0.05) is 15.9 Å². The van der Waals surface area contributed by atoms with Crippen LogP contribution in [0, 0.1) is 0 Å². The molecule has 0 aliphatic carbocycles. The molecule has 3 nitrogen and oxygen atoms in total. The van der Waals surface area contributed by atoms with Crippen molar-refractivity contribution in [3.05, 3.63) is 22.7 Å². The number of halogens is 1. The molecule has 0 aromatic heterocycles. The first-order valence-electron chi connectivity index (χ1n) is 5.00. The van der Waals surface area contributed by atoms with Gasteiger partial charge in [0.2, 0.25) is 0 Å². The number of rotatable bonds is 1. The van der Waals surface area contributed by atoms with Gasteiger partial charge in [-0.2, -0.15) is 0 Å². The molecule has 1 unspecified atom stereocenters. The molecule has 1 aromatic rings. The Hall–Kier alpha value is -0.740. The molecule has 1 aliphatic heterocycles. The van der Waals surface area contributed by atoms with Crippen molar-refractivity contribution in [3.8, 4) is 0 Å². The van der Waals surface area contributed by atoms with Crippen molar-refractivity contribution in [1.29, 1.82) is 0 Å². The molecule has 0 radical (unpaired) electrons. The zero-order valence-electron chi connectivity index (χ0n) is 8.70. The molecule has 0 saturated carbocycles. The summed E-state index contributed by atoms with van der Waals surface area (Å²) < 4.78 is 0.981. The fourth-order valence-corrected chi connectivity index (χ4v) is 2.34. The van der Waals surface area contributed by atoms with E-state index in [4.69, 9.17) is 5.73 Å². The Labute approximate surface area is 98.0 Å². The second kappa shape index (κ2) is 3.68. The summed E-state index contributed by atoms with van der Waals surface area (Å²) >= 11 is 3.38. The Morgan fingerprint density at radius 2 is 2.27 bits per heavy atom. The van der Waals surface area contributed by atoms with Gasteiger partial charge < -0.3 is 15.7 Å². The van der Waals surface area contributed by atoms with Gasteiger partial charge in [0, 0.05) is 17.6 Å². The van der Waals surface area contributed by atoms with E-state index in [1.165, 1.54) is 0 Å². The zero-order chi connectivity index (χ0) is 11.1. The van der Waals surface area contributed by atoms with E-state index in [1.54, 1.807) is 0 Å². The quantitative estimate of drug-likeness (QED) is 0.768. The first-order valence-corrected chi connectivity index (χ1v) is 5.80. The van der Waals surface area contributed by atoms with Crippen LogP contribution < -0.4 is 10.6 Å². The number of benzene rings is 1. The Kier molecular flexibility index (Phi) is 2.64. The van der Waals surface area contributed by atoms with Gasteiger partial charge in [-0.25, -0.2) is 0 Å². The van der Waals surface area contributed by atoms with Crippen LogP contribution in [0.4, 0.5) is 11.4 Å². The van der Waals surface area contributed by atoms with Crippen LogP contribution in [0.1, 0.15) is 13.3 Å². The van der Waals surface area contributed by atoms with Gasteiger partial charge in [0.1, 0.15) is 0 Å². The lowest BCUT2D eigenvalue weighted by molar-refractivity contribution is 0.0839. The van der Waals surface area contributed by atoms with E-state index in [-0.39, 0.29) is 0 Å². The molecule has 0 bridgehead atoms. The number of nitrogens with zero attached hydrogens (tertiary/aromatic N) is 1. The Morgan fingerprint density at radius 1 is 1.53 bits per heavy atom. The largest absolute Gasteiger partial charge is 0.397 e. The molecule has 82 valence electrons. The highest BCUT2D eigenvalue weighted by Gasteiger charge is 2.31. The van der Waals surface area contributed by atoms with Crippen LogP contribution in [0.15, 0.2) is 22.7 Å². The number of nitrogens with two attached hydrogens (primary N) is 1. The lowest BCUT2D eigenvalue weighted by atomic mass is 10.1. The summed E-state index contributed by atoms with van der Waals surface area (Å²) in [5.41, 5.74) is 7.11. The molecule has 4 heteroatoms. The average Bonchev–Trinajstić information content (AvgIpc) is 2.46. The van der Waals surface area contributed by atoms with Crippen LogP contribution in [0.5, 0.6) is 0 Å². The van der Waals surface area contributed by atoms with Gasteiger partial charge in [0.05, 0.1) is 17.0 Å². The first-order chi connectivity index (χ1) is 6.98. The predicted molar refractivity (Wildman–Crippen MR) is 66.0 cm³/mol. The van der Waals surface area contributed by atoms with Gasteiger partial charge in [-0.05, 0) is 31.5 Å². The van der Waals surface area contributed by atoms with Crippen LogP contribution >= 0.6 is 15.9 Å². The number of aliphatic hydroxyl groups is 1. The second-order valence-electron chi connectivity index (χ2n) is 4.37. The fraction of sp³-hybridized carbons (Fsp3) is 0.455. The smallest absolute Gasteiger partial charge is 0.0810 e. The standard InChI is InChI=1S/C11H15BrN2O/c1-11(15)4-5-14(7-11)10-3-2-8(12)6-9(10)13/h2-3,6,15H,4-5,7,13H2,1H3. The number of β-amino-alcohol motifs (C(OH)–C–C–N with tert-alkyl or cyclic N) is 1. The maximum atomic E-state index is 9.88. The molecule has 1 atom stereocenters. The van der Waals surface area contributed by atoms with Crippen molar-refractivity contribution < 1.29 is 5.11 Å². The van der Waals surface area contributed by atoms with Crippen molar-refractivity contribution in [2.75, 3.05) is 23.7 Å². The molecule has 3 N–H and O–H groups in total. The first kappa shape index (κ1) is 10.8. The summed E-state index contributed by atoms with van der Waals surface area (Å²) in [5, 5.41) is 9.88. The molecule has 2 rings (SSSR count). The third-order valence-corrected chi connectivity index (χ3v) is 3.28. The molecule has 1 fully saturated rings. The second-order valence-corrected chi connectivity index (χ2v) is 5.29. The molecular weight excluding hydrogens is 256 g/mol.